The number of amides is 2. The van der Waals surface area contributed by atoms with Crippen LogP contribution in [0.1, 0.15) is 38.2 Å². The van der Waals surface area contributed by atoms with Crippen LogP contribution < -0.4 is 10.6 Å². The standard InChI is InChI=1S/C16H20ClIN2O2/c1-2-14(10-4-3-5-10)20-16(22)15(21)19-9-11-6-7-12(18)8-13(11)17/h6-8,10,14H,2-5,9H2,1H3,(H,19,21)(H,20,22). The van der Waals surface area contributed by atoms with Crippen LogP contribution in [0.4, 0.5) is 0 Å². The summed E-state index contributed by atoms with van der Waals surface area (Å²) >= 11 is 8.28. The smallest absolute Gasteiger partial charge is 0.309 e. The number of rotatable bonds is 5. The maximum atomic E-state index is 12.0. The van der Waals surface area contributed by atoms with Crippen LogP contribution in [0.5, 0.6) is 0 Å². The lowest BCUT2D eigenvalue weighted by Gasteiger charge is -2.33. The molecule has 22 heavy (non-hydrogen) atoms. The second-order valence-corrected chi connectivity index (χ2v) is 7.25. The minimum Gasteiger partial charge on any atom is -0.345 e. The maximum Gasteiger partial charge on any atom is 0.309 e. The van der Waals surface area contributed by atoms with Crippen LogP contribution in [-0.4, -0.2) is 17.9 Å². The molecule has 2 rings (SSSR count). The van der Waals surface area contributed by atoms with E-state index in [0.717, 1.165) is 28.4 Å². The van der Waals surface area contributed by atoms with Gasteiger partial charge in [-0.1, -0.05) is 31.0 Å². The fourth-order valence-corrected chi connectivity index (χ4v) is 3.47. The van der Waals surface area contributed by atoms with E-state index in [1.54, 1.807) is 0 Å². The Morgan fingerprint density at radius 1 is 1.36 bits per heavy atom. The third kappa shape index (κ3) is 4.59. The van der Waals surface area contributed by atoms with E-state index in [2.05, 4.69) is 33.2 Å². The molecule has 0 aliphatic heterocycles. The van der Waals surface area contributed by atoms with E-state index < -0.39 is 11.8 Å². The molecular weight excluding hydrogens is 415 g/mol. The van der Waals surface area contributed by atoms with Crippen molar-refractivity contribution >= 4 is 46.0 Å². The lowest BCUT2D eigenvalue weighted by atomic mass is 9.79. The van der Waals surface area contributed by atoms with Crippen LogP contribution in [0.3, 0.4) is 0 Å². The van der Waals surface area contributed by atoms with Gasteiger partial charge < -0.3 is 10.6 Å². The average molecular weight is 435 g/mol. The monoisotopic (exact) mass is 434 g/mol. The van der Waals surface area contributed by atoms with Gasteiger partial charge in [0.05, 0.1) is 0 Å². The van der Waals surface area contributed by atoms with Crippen molar-refractivity contribution in [3.05, 3.63) is 32.4 Å². The molecule has 120 valence electrons. The molecule has 1 saturated carbocycles. The van der Waals surface area contributed by atoms with Crippen molar-refractivity contribution in [2.45, 2.75) is 45.2 Å². The summed E-state index contributed by atoms with van der Waals surface area (Å²) in [6.07, 6.45) is 4.35. The summed E-state index contributed by atoms with van der Waals surface area (Å²) in [5.74, 6) is -0.639. The van der Waals surface area contributed by atoms with Gasteiger partial charge in [-0.2, -0.15) is 0 Å². The predicted molar refractivity (Wildman–Crippen MR) is 95.6 cm³/mol. The van der Waals surface area contributed by atoms with Crippen molar-refractivity contribution < 1.29 is 9.59 Å². The normalized spacial score (nSPS) is 15.8. The highest BCUT2D eigenvalue weighted by molar-refractivity contribution is 14.1. The molecule has 1 aromatic rings. The Labute approximate surface area is 149 Å². The Balaban J connectivity index is 1.84. The molecule has 1 atom stereocenters. The lowest BCUT2D eigenvalue weighted by Crippen LogP contribution is -2.48. The van der Waals surface area contributed by atoms with E-state index in [-0.39, 0.29) is 12.6 Å². The van der Waals surface area contributed by atoms with Crippen molar-refractivity contribution in [1.29, 1.82) is 0 Å². The SMILES string of the molecule is CCC(NC(=O)C(=O)NCc1ccc(I)cc1Cl)C1CCC1. The topological polar surface area (TPSA) is 58.2 Å². The van der Waals surface area contributed by atoms with Gasteiger partial charge in [-0.3, -0.25) is 9.59 Å². The summed E-state index contributed by atoms with van der Waals surface area (Å²) in [5.41, 5.74) is 0.800. The predicted octanol–water partition coefficient (Wildman–Crippen LogP) is 3.26. The molecular formula is C16H20ClIN2O2. The third-order valence-corrected chi connectivity index (χ3v) is 5.16. The van der Waals surface area contributed by atoms with E-state index >= 15 is 0 Å². The number of nitrogens with one attached hydrogen (secondary N) is 2. The number of carbonyl (C=O) groups is 2. The van der Waals surface area contributed by atoms with E-state index in [4.69, 9.17) is 11.6 Å². The second-order valence-electron chi connectivity index (χ2n) is 5.60. The molecule has 1 aromatic carbocycles. The first-order valence-electron chi connectivity index (χ1n) is 7.54. The van der Waals surface area contributed by atoms with Gasteiger partial charge in [0.2, 0.25) is 0 Å². The van der Waals surface area contributed by atoms with Crippen LogP contribution in [0.25, 0.3) is 0 Å². The van der Waals surface area contributed by atoms with Crippen molar-refractivity contribution in [3.63, 3.8) is 0 Å². The number of hydrogen-bond acceptors (Lipinski definition) is 2. The molecule has 2 N–H and O–H groups in total. The molecule has 1 unspecified atom stereocenters. The molecule has 4 nitrogen and oxygen atoms in total. The molecule has 0 spiro atoms. The minimum absolute atomic E-state index is 0.105. The number of benzene rings is 1. The van der Waals surface area contributed by atoms with E-state index in [0.29, 0.717) is 10.9 Å². The summed E-state index contributed by atoms with van der Waals surface area (Å²) in [5, 5.41) is 6.06. The third-order valence-electron chi connectivity index (χ3n) is 4.14. The highest BCUT2D eigenvalue weighted by Gasteiger charge is 2.28. The Hall–Kier alpha value is -0.820. The highest BCUT2D eigenvalue weighted by atomic mass is 127. The fourth-order valence-electron chi connectivity index (χ4n) is 2.55. The molecule has 1 aliphatic rings. The first-order valence-corrected chi connectivity index (χ1v) is 8.99. The van der Waals surface area contributed by atoms with Crippen molar-refractivity contribution in [1.82, 2.24) is 10.6 Å². The quantitative estimate of drug-likeness (QED) is 0.552. The zero-order valence-corrected chi connectivity index (χ0v) is 15.4. The largest absolute Gasteiger partial charge is 0.345 e. The van der Waals surface area contributed by atoms with Gasteiger partial charge >= 0.3 is 11.8 Å². The summed E-state index contributed by atoms with van der Waals surface area (Å²) in [6, 6.07) is 5.70. The van der Waals surface area contributed by atoms with Crippen LogP contribution in [-0.2, 0) is 16.1 Å². The van der Waals surface area contributed by atoms with Crippen molar-refractivity contribution in [3.8, 4) is 0 Å². The molecule has 0 heterocycles. The van der Waals surface area contributed by atoms with Crippen LogP contribution in [0, 0.1) is 9.49 Å². The second kappa shape index (κ2) is 8.15. The van der Waals surface area contributed by atoms with Gasteiger partial charge in [0, 0.05) is 21.2 Å². The Bertz CT molecular complexity index is 561. The number of halogens is 2. The highest BCUT2D eigenvalue weighted by Crippen LogP contribution is 2.30. The van der Waals surface area contributed by atoms with E-state index in [1.165, 1.54) is 6.42 Å². The van der Waals surface area contributed by atoms with E-state index in [1.807, 2.05) is 25.1 Å². The lowest BCUT2D eigenvalue weighted by molar-refractivity contribution is -0.140. The van der Waals surface area contributed by atoms with Gasteiger partial charge in [0.1, 0.15) is 0 Å². The molecule has 0 saturated heterocycles. The van der Waals surface area contributed by atoms with Gasteiger partial charge in [-0.25, -0.2) is 0 Å². The zero-order chi connectivity index (χ0) is 16.1. The summed E-state index contributed by atoms with van der Waals surface area (Å²) in [7, 11) is 0. The first kappa shape index (κ1) is 17.5. The fraction of sp³-hybridized carbons (Fsp3) is 0.500. The van der Waals surface area contributed by atoms with Gasteiger partial charge in [0.15, 0.2) is 0 Å². The van der Waals surface area contributed by atoms with Crippen LogP contribution in [0.2, 0.25) is 5.02 Å². The van der Waals surface area contributed by atoms with Gasteiger partial charge in [-0.05, 0) is 65.5 Å². The zero-order valence-electron chi connectivity index (χ0n) is 12.5. The summed E-state index contributed by atoms with van der Waals surface area (Å²) in [4.78, 5) is 23.9. The Kier molecular flexibility index (Phi) is 6.50. The van der Waals surface area contributed by atoms with Gasteiger partial charge in [-0.15, -0.1) is 0 Å². The van der Waals surface area contributed by atoms with Crippen molar-refractivity contribution in [2.24, 2.45) is 5.92 Å². The molecule has 2 amide bonds. The molecule has 1 aliphatic carbocycles. The van der Waals surface area contributed by atoms with Crippen molar-refractivity contribution in [2.75, 3.05) is 0 Å². The van der Waals surface area contributed by atoms with E-state index in [9.17, 15) is 9.59 Å². The maximum absolute atomic E-state index is 12.0. The molecule has 0 aromatic heterocycles. The molecule has 6 heteroatoms. The Morgan fingerprint density at radius 3 is 2.64 bits per heavy atom. The first-order chi connectivity index (χ1) is 10.5. The van der Waals surface area contributed by atoms with Gasteiger partial charge in [0.25, 0.3) is 0 Å². The number of carbonyl (C=O) groups excluding carboxylic acids is 2. The molecule has 0 bridgehead atoms. The van der Waals surface area contributed by atoms with Crippen LogP contribution in [0.15, 0.2) is 18.2 Å². The summed E-state index contributed by atoms with van der Waals surface area (Å²) in [6.45, 7) is 2.29. The number of hydrogen-bond donors (Lipinski definition) is 2. The average Bonchev–Trinajstić information content (AvgIpc) is 2.43. The summed E-state index contributed by atoms with van der Waals surface area (Å²) < 4.78 is 1.03. The molecule has 0 radical (unpaired) electrons. The Morgan fingerprint density at radius 2 is 2.09 bits per heavy atom. The van der Waals surface area contributed by atoms with Crippen LogP contribution >= 0.6 is 34.2 Å². The molecule has 1 fully saturated rings. The minimum atomic E-state index is -0.604.